The first-order valence-electron chi connectivity index (χ1n) is 6.71. The highest BCUT2D eigenvalue weighted by Crippen LogP contribution is 2.23. The highest BCUT2D eigenvalue weighted by molar-refractivity contribution is 7.91. The molecule has 112 valence electrons. The lowest BCUT2D eigenvalue weighted by molar-refractivity contribution is -0.134. The summed E-state index contributed by atoms with van der Waals surface area (Å²) in [5.41, 5.74) is 0. The molecule has 2 unspecified atom stereocenters. The monoisotopic (exact) mass is 300 g/mol. The van der Waals surface area contributed by atoms with Crippen molar-refractivity contribution in [2.75, 3.05) is 5.75 Å². The number of piperidine rings is 1. The van der Waals surface area contributed by atoms with Crippen LogP contribution in [-0.2, 0) is 21.7 Å². The van der Waals surface area contributed by atoms with Gasteiger partial charge in [-0.15, -0.1) is 10.2 Å². The maximum atomic E-state index is 12.3. The number of rotatable bonds is 3. The summed E-state index contributed by atoms with van der Waals surface area (Å²) in [5, 5.41) is 6.96. The number of sulfone groups is 1. The number of nitrogens with zero attached hydrogens (tertiary/aromatic N) is 4. The third-order valence-corrected chi connectivity index (χ3v) is 5.30. The number of likely N-dealkylation sites (tertiary alicyclic amines) is 1. The van der Waals surface area contributed by atoms with Crippen molar-refractivity contribution in [2.45, 2.75) is 50.4 Å². The van der Waals surface area contributed by atoms with E-state index < -0.39 is 15.6 Å². The topological polar surface area (TPSA) is 85.2 Å². The third-order valence-electron chi connectivity index (χ3n) is 3.74. The SMILES string of the molecule is CC1CCCC(C)N1C(=O)CS(=O)(=O)c1nncn1C. The van der Waals surface area contributed by atoms with Crippen LogP contribution >= 0.6 is 0 Å². The first-order valence-corrected chi connectivity index (χ1v) is 8.36. The van der Waals surface area contributed by atoms with E-state index in [-0.39, 0.29) is 23.1 Å². The highest BCUT2D eigenvalue weighted by atomic mass is 32.2. The Labute approximate surface area is 118 Å². The van der Waals surface area contributed by atoms with Gasteiger partial charge in [0, 0.05) is 19.1 Å². The van der Waals surface area contributed by atoms with Crippen LogP contribution in [0, 0.1) is 0 Å². The molecule has 0 aliphatic carbocycles. The Bertz CT molecular complexity index is 586. The van der Waals surface area contributed by atoms with Gasteiger partial charge in [0.1, 0.15) is 12.1 Å². The second-order valence-electron chi connectivity index (χ2n) is 5.41. The summed E-state index contributed by atoms with van der Waals surface area (Å²) in [7, 11) is -2.20. The van der Waals surface area contributed by atoms with Gasteiger partial charge in [-0.1, -0.05) is 0 Å². The van der Waals surface area contributed by atoms with Gasteiger partial charge in [0.05, 0.1) is 0 Å². The molecule has 1 fully saturated rings. The smallest absolute Gasteiger partial charge is 0.249 e. The Hall–Kier alpha value is -1.44. The van der Waals surface area contributed by atoms with E-state index in [0.717, 1.165) is 19.3 Å². The fourth-order valence-corrected chi connectivity index (χ4v) is 4.03. The standard InChI is InChI=1S/C12H20N4O3S/c1-9-5-4-6-10(2)16(9)11(17)7-20(18,19)12-14-13-8-15(12)3/h8-10H,4-7H2,1-3H3. The van der Waals surface area contributed by atoms with Crippen molar-refractivity contribution < 1.29 is 13.2 Å². The van der Waals surface area contributed by atoms with Crippen LogP contribution in [0.3, 0.4) is 0 Å². The molecule has 2 rings (SSSR count). The van der Waals surface area contributed by atoms with E-state index in [0.29, 0.717) is 0 Å². The van der Waals surface area contributed by atoms with Gasteiger partial charge < -0.3 is 9.47 Å². The molecule has 0 radical (unpaired) electrons. The molecule has 0 bridgehead atoms. The largest absolute Gasteiger partial charge is 0.336 e. The van der Waals surface area contributed by atoms with E-state index in [1.54, 1.807) is 11.9 Å². The van der Waals surface area contributed by atoms with Crippen molar-refractivity contribution in [1.29, 1.82) is 0 Å². The fraction of sp³-hybridized carbons (Fsp3) is 0.750. The Morgan fingerprint density at radius 1 is 1.35 bits per heavy atom. The number of hydrogen-bond donors (Lipinski definition) is 0. The minimum absolute atomic E-state index is 0.0842. The molecular weight excluding hydrogens is 280 g/mol. The number of hydrogen-bond acceptors (Lipinski definition) is 5. The molecule has 0 N–H and O–H groups in total. The molecule has 0 saturated carbocycles. The average molecular weight is 300 g/mol. The minimum Gasteiger partial charge on any atom is -0.336 e. The van der Waals surface area contributed by atoms with Crippen molar-refractivity contribution >= 4 is 15.7 Å². The van der Waals surface area contributed by atoms with E-state index in [1.807, 2.05) is 13.8 Å². The molecule has 2 atom stereocenters. The number of aryl methyl sites for hydroxylation is 1. The molecule has 1 aliphatic heterocycles. The zero-order valence-electron chi connectivity index (χ0n) is 12.0. The summed E-state index contributed by atoms with van der Waals surface area (Å²) in [4.78, 5) is 14.0. The van der Waals surface area contributed by atoms with Crippen molar-refractivity contribution in [3.05, 3.63) is 6.33 Å². The molecule has 1 amide bonds. The second-order valence-corrected chi connectivity index (χ2v) is 7.30. The zero-order valence-corrected chi connectivity index (χ0v) is 12.8. The lowest BCUT2D eigenvalue weighted by Crippen LogP contribution is -2.49. The molecule has 0 aromatic carbocycles. The maximum Gasteiger partial charge on any atom is 0.249 e. The predicted molar refractivity (Wildman–Crippen MR) is 72.7 cm³/mol. The summed E-state index contributed by atoms with van der Waals surface area (Å²) in [5.74, 6) is -0.901. The molecule has 20 heavy (non-hydrogen) atoms. The van der Waals surface area contributed by atoms with Crippen molar-refractivity contribution in [3.8, 4) is 0 Å². The quantitative estimate of drug-likeness (QED) is 0.805. The summed E-state index contributed by atoms with van der Waals surface area (Å²) < 4.78 is 25.7. The van der Waals surface area contributed by atoms with Gasteiger partial charge in [0.25, 0.3) is 0 Å². The first-order chi connectivity index (χ1) is 9.33. The third kappa shape index (κ3) is 2.84. The van der Waals surface area contributed by atoms with Crippen LogP contribution in [0.5, 0.6) is 0 Å². The molecule has 7 nitrogen and oxygen atoms in total. The number of carbonyl (C=O) groups excluding carboxylic acids is 1. The molecule has 2 heterocycles. The molecule has 1 aliphatic rings. The zero-order chi connectivity index (χ0) is 14.9. The Balaban J connectivity index is 2.17. The van der Waals surface area contributed by atoms with Gasteiger partial charge in [-0.2, -0.15) is 0 Å². The van der Waals surface area contributed by atoms with Crippen LogP contribution in [-0.4, -0.2) is 51.8 Å². The maximum absolute atomic E-state index is 12.3. The summed E-state index contributed by atoms with van der Waals surface area (Å²) >= 11 is 0. The normalized spacial score (nSPS) is 23.9. The predicted octanol–water partition coefficient (Wildman–Crippen LogP) is 0.378. The summed E-state index contributed by atoms with van der Waals surface area (Å²) in [6.45, 7) is 3.92. The van der Waals surface area contributed by atoms with Crippen LogP contribution in [0.15, 0.2) is 11.5 Å². The Morgan fingerprint density at radius 3 is 2.45 bits per heavy atom. The van der Waals surface area contributed by atoms with Gasteiger partial charge in [-0.3, -0.25) is 4.79 Å². The van der Waals surface area contributed by atoms with Gasteiger partial charge in [0.15, 0.2) is 0 Å². The number of aromatic nitrogens is 3. The van der Waals surface area contributed by atoms with E-state index in [9.17, 15) is 13.2 Å². The van der Waals surface area contributed by atoms with Crippen molar-refractivity contribution in [1.82, 2.24) is 19.7 Å². The molecule has 1 saturated heterocycles. The van der Waals surface area contributed by atoms with Gasteiger partial charge in [-0.05, 0) is 33.1 Å². The summed E-state index contributed by atoms with van der Waals surface area (Å²) in [6.07, 6.45) is 4.21. The number of carbonyl (C=O) groups is 1. The lowest BCUT2D eigenvalue weighted by Gasteiger charge is -2.39. The van der Waals surface area contributed by atoms with Gasteiger partial charge in [0.2, 0.25) is 20.9 Å². The second kappa shape index (κ2) is 5.51. The Kier molecular flexibility index (Phi) is 4.12. The minimum atomic E-state index is -3.74. The van der Waals surface area contributed by atoms with Crippen LogP contribution in [0.2, 0.25) is 0 Å². The van der Waals surface area contributed by atoms with E-state index in [1.165, 1.54) is 10.9 Å². The van der Waals surface area contributed by atoms with Crippen LogP contribution < -0.4 is 0 Å². The molecular formula is C12H20N4O3S. The Morgan fingerprint density at radius 2 is 1.95 bits per heavy atom. The van der Waals surface area contributed by atoms with E-state index >= 15 is 0 Å². The van der Waals surface area contributed by atoms with Crippen molar-refractivity contribution in [3.63, 3.8) is 0 Å². The fourth-order valence-electron chi connectivity index (χ4n) is 2.77. The lowest BCUT2D eigenvalue weighted by atomic mass is 9.98. The molecule has 8 heteroatoms. The molecule has 1 aromatic heterocycles. The molecule has 0 spiro atoms. The van der Waals surface area contributed by atoms with E-state index in [2.05, 4.69) is 10.2 Å². The van der Waals surface area contributed by atoms with E-state index in [4.69, 9.17) is 0 Å². The highest BCUT2D eigenvalue weighted by Gasteiger charge is 2.33. The van der Waals surface area contributed by atoms with Crippen LogP contribution in [0.1, 0.15) is 33.1 Å². The van der Waals surface area contributed by atoms with Gasteiger partial charge >= 0.3 is 0 Å². The van der Waals surface area contributed by atoms with Gasteiger partial charge in [-0.25, -0.2) is 8.42 Å². The van der Waals surface area contributed by atoms with Crippen LogP contribution in [0.4, 0.5) is 0 Å². The molecule has 1 aromatic rings. The first kappa shape index (κ1) is 15.0. The van der Waals surface area contributed by atoms with Crippen LogP contribution in [0.25, 0.3) is 0 Å². The van der Waals surface area contributed by atoms with Crippen molar-refractivity contribution in [2.24, 2.45) is 7.05 Å². The average Bonchev–Trinajstić information content (AvgIpc) is 2.75. The number of amides is 1. The summed E-state index contributed by atoms with van der Waals surface area (Å²) in [6, 6.07) is 0.168.